The Bertz CT molecular complexity index is 1040. The number of nitrogens with one attached hydrogen (secondary N) is 1. The maximum atomic E-state index is 13.4. The molecule has 2 saturated heterocycles. The summed E-state index contributed by atoms with van der Waals surface area (Å²) in [6, 6.07) is 12.4. The molecule has 0 bridgehead atoms. The lowest BCUT2D eigenvalue weighted by Crippen LogP contribution is -2.35. The molecule has 2 aromatic carbocycles. The fourth-order valence-electron chi connectivity index (χ4n) is 5.67. The lowest BCUT2D eigenvalue weighted by Gasteiger charge is -2.35. The van der Waals surface area contributed by atoms with Crippen molar-refractivity contribution in [3.63, 3.8) is 0 Å². The average molecular weight is 544 g/mol. The summed E-state index contributed by atoms with van der Waals surface area (Å²) in [5.74, 6) is -0.0389. The Balaban J connectivity index is 1.25. The van der Waals surface area contributed by atoms with Crippen molar-refractivity contribution in [2.75, 3.05) is 36.5 Å². The van der Waals surface area contributed by atoms with Crippen molar-refractivity contribution in [1.82, 2.24) is 0 Å². The molecule has 0 aromatic heterocycles. The second-order valence-corrected chi connectivity index (χ2v) is 11.1. The number of rotatable bonds is 3. The van der Waals surface area contributed by atoms with Crippen LogP contribution in [0.25, 0.3) is 0 Å². The van der Waals surface area contributed by atoms with Crippen LogP contribution in [0, 0.1) is 8.99 Å². The van der Waals surface area contributed by atoms with Crippen LogP contribution >= 0.6 is 22.6 Å². The number of fused-ring (bicyclic) bond motifs is 2. The first-order valence-electron chi connectivity index (χ1n) is 11.8. The minimum absolute atomic E-state index is 0.0389. The highest BCUT2D eigenvalue weighted by Gasteiger charge is 2.45. The highest BCUT2D eigenvalue weighted by Crippen LogP contribution is 2.54. The molecule has 0 atom stereocenters. The van der Waals surface area contributed by atoms with Gasteiger partial charge in [-0.1, -0.05) is 6.07 Å². The molecular weight excluding hydrogens is 515 g/mol. The van der Waals surface area contributed by atoms with Gasteiger partial charge in [-0.15, -0.1) is 0 Å². The first-order valence-corrected chi connectivity index (χ1v) is 12.8. The highest BCUT2D eigenvalue weighted by atomic mass is 127. The van der Waals surface area contributed by atoms with Crippen LogP contribution < -0.4 is 10.2 Å². The van der Waals surface area contributed by atoms with E-state index in [1.165, 1.54) is 36.8 Å². The van der Waals surface area contributed by atoms with Gasteiger partial charge in [0, 0.05) is 48.4 Å². The third kappa shape index (κ3) is 3.74. The van der Waals surface area contributed by atoms with Crippen LogP contribution in [0.2, 0.25) is 0 Å². The second-order valence-electron chi connectivity index (χ2n) is 9.87. The summed E-state index contributed by atoms with van der Waals surface area (Å²) >= 11 is 2.34. The molecule has 1 aliphatic carbocycles. The molecule has 4 aliphatic rings. The van der Waals surface area contributed by atoms with Gasteiger partial charge in [0.05, 0.1) is 23.5 Å². The fraction of sp³-hybridized carbons (Fsp3) is 0.500. The van der Waals surface area contributed by atoms with E-state index >= 15 is 0 Å². The van der Waals surface area contributed by atoms with Crippen molar-refractivity contribution in [3.05, 3.63) is 56.7 Å². The Morgan fingerprint density at radius 1 is 0.969 bits per heavy atom. The molecule has 0 radical (unpaired) electrons. The van der Waals surface area contributed by atoms with Gasteiger partial charge in [0.25, 0.3) is 5.91 Å². The van der Waals surface area contributed by atoms with Crippen LogP contribution in [0.4, 0.5) is 11.4 Å². The maximum Gasteiger partial charge on any atom is 0.257 e. The third-order valence-electron chi connectivity index (χ3n) is 7.99. The number of halogens is 1. The van der Waals surface area contributed by atoms with Crippen molar-refractivity contribution < 1.29 is 14.3 Å². The van der Waals surface area contributed by atoms with Crippen molar-refractivity contribution in [1.29, 1.82) is 0 Å². The molecule has 6 rings (SSSR count). The summed E-state index contributed by atoms with van der Waals surface area (Å²) in [6.07, 6.45) is 7.00. The van der Waals surface area contributed by atoms with E-state index in [-0.39, 0.29) is 11.5 Å². The van der Waals surface area contributed by atoms with E-state index in [1.54, 1.807) is 0 Å². The summed E-state index contributed by atoms with van der Waals surface area (Å²) in [5.41, 5.74) is 5.46. The summed E-state index contributed by atoms with van der Waals surface area (Å²) in [7, 11) is 0. The number of hydrogen-bond acceptors (Lipinski definition) is 4. The lowest BCUT2D eigenvalue weighted by molar-refractivity contribution is -0.107. The molecule has 32 heavy (non-hydrogen) atoms. The number of nitrogens with zero attached hydrogens (tertiary/aromatic N) is 1. The first kappa shape index (κ1) is 20.9. The predicted octanol–water partition coefficient (Wildman–Crippen LogP) is 5.46. The van der Waals surface area contributed by atoms with E-state index in [2.05, 4.69) is 51.0 Å². The quantitative estimate of drug-likeness (QED) is 0.522. The van der Waals surface area contributed by atoms with Gasteiger partial charge < -0.3 is 19.7 Å². The van der Waals surface area contributed by atoms with E-state index in [0.29, 0.717) is 12.0 Å². The molecule has 0 unspecified atom stereocenters. The summed E-state index contributed by atoms with van der Waals surface area (Å²) in [6.45, 7) is 4.17. The predicted molar refractivity (Wildman–Crippen MR) is 133 cm³/mol. The van der Waals surface area contributed by atoms with Gasteiger partial charge in [0.2, 0.25) is 0 Å². The third-order valence-corrected chi connectivity index (χ3v) is 8.66. The zero-order valence-corrected chi connectivity index (χ0v) is 20.4. The fourth-order valence-corrected chi connectivity index (χ4v) is 6.14. The van der Waals surface area contributed by atoms with Crippen molar-refractivity contribution in [2.24, 2.45) is 5.41 Å². The number of carbonyl (C=O) groups is 1. The molecule has 5 nitrogen and oxygen atoms in total. The van der Waals surface area contributed by atoms with Crippen molar-refractivity contribution in [2.45, 2.75) is 50.7 Å². The van der Waals surface area contributed by atoms with Crippen LogP contribution in [-0.2, 0) is 21.7 Å². The average Bonchev–Trinajstić information content (AvgIpc) is 3.49. The standard InChI is InChI=1S/C26H29IN2O3/c27-19-2-4-21(23(15-19)29-11-7-25(5-6-25)8-12-29)24(30)28-20-3-1-18-17-32-26(22(18)16-20)9-13-31-14-10-26/h1-4,15-16H,5-14,17H2,(H,28,30). The van der Waals surface area contributed by atoms with Crippen molar-refractivity contribution >= 4 is 39.9 Å². The normalized spacial score (nSPS) is 22.7. The van der Waals surface area contributed by atoms with Gasteiger partial charge in [-0.3, -0.25) is 4.79 Å². The van der Waals surface area contributed by atoms with E-state index in [1.807, 2.05) is 18.2 Å². The van der Waals surface area contributed by atoms with Crippen LogP contribution in [0.1, 0.15) is 60.0 Å². The number of anilines is 2. The van der Waals surface area contributed by atoms with Crippen LogP contribution in [0.15, 0.2) is 36.4 Å². The largest absolute Gasteiger partial charge is 0.381 e. The van der Waals surface area contributed by atoms with Gasteiger partial charge in [0.1, 0.15) is 0 Å². The Labute approximate surface area is 203 Å². The second kappa shape index (κ2) is 7.99. The summed E-state index contributed by atoms with van der Waals surface area (Å²) in [4.78, 5) is 15.8. The molecule has 3 heterocycles. The number of ether oxygens (including phenoxy) is 2. The minimum Gasteiger partial charge on any atom is -0.381 e. The summed E-state index contributed by atoms with van der Waals surface area (Å²) in [5, 5.41) is 3.18. The van der Waals surface area contributed by atoms with Crippen LogP contribution in [-0.4, -0.2) is 32.2 Å². The molecule has 6 heteroatoms. The van der Waals surface area contributed by atoms with Gasteiger partial charge >= 0.3 is 0 Å². The van der Waals surface area contributed by atoms with E-state index < -0.39 is 0 Å². The maximum absolute atomic E-state index is 13.4. The van der Waals surface area contributed by atoms with E-state index in [0.717, 1.165) is 59.7 Å². The van der Waals surface area contributed by atoms with Gasteiger partial charge in [-0.05, 0) is 95.1 Å². The SMILES string of the molecule is O=C(Nc1ccc2c(c1)C1(CCOCC1)OC2)c1ccc(I)cc1N1CCC2(CC1)CC2. The van der Waals surface area contributed by atoms with Crippen LogP contribution in [0.3, 0.4) is 0 Å². The van der Waals surface area contributed by atoms with E-state index in [4.69, 9.17) is 9.47 Å². The summed E-state index contributed by atoms with van der Waals surface area (Å²) < 4.78 is 13.0. The molecule has 3 fully saturated rings. The lowest BCUT2D eigenvalue weighted by atomic mass is 9.85. The monoisotopic (exact) mass is 544 g/mol. The number of amides is 1. The molecule has 2 spiro atoms. The molecular formula is C26H29IN2O3. The van der Waals surface area contributed by atoms with Gasteiger partial charge in [0.15, 0.2) is 0 Å². The molecule has 168 valence electrons. The smallest absolute Gasteiger partial charge is 0.257 e. The minimum atomic E-state index is -0.255. The van der Waals surface area contributed by atoms with Gasteiger partial charge in [-0.2, -0.15) is 0 Å². The number of carbonyl (C=O) groups excluding carboxylic acids is 1. The molecule has 2 aromatic rings. The zero-order chi connectivity index (χ0) is 21.8. The van der Waals surface area contributed by atoms with E-state index in [9.17, 15) is 4.79 Å². The molecule has 1 saturated carbocycles. The van der Waals surface area contributed by atoms with Crippen LogP contribution in [0.5, 0.6) is 0 Å². The number of hydrogen-bond donors (Lipinski definition) is 1. The highest BCUT2D eigenvalue weighted by molar-refractivity contribution is 14.1. The zero-order valence-electron chi connectivity index (χ0n) is 18.3. The molecule has 1 N–H and O–H groups in total. The Morgan fingerprint density at radius 3 is 2.50 bits per heavy atom. The Kier molecular flexibility index (Phi) is 5.23. The Morgan fingerprint density at radius 2 is 1.75 bits per heavy atom. The number of benzene rings is 2. The Hall–Kier alpha value is -1.64. The topological polar surface area (TPSA) is 50.8 Å². The van der Waals surface area contributed by atoms with Crippen molar-refractivity contribution in [3.8, 4) is 0 Å². The first-order chi connectivity index (χ1) is 15.6. The van der Waals surface area contributed by atoms with Gasteiger partial charge in [-0.25, -0.2) is 0 Å². The number of piperidine rings is 1. The molecule has 1 amide bonds. The molecule has 3 aliphatic heterocycles.